The zero-order valence-electron chi connectivity index (χ0n) is 12.0. The van der Waals surface area contributed by atoms with Crippen LogP contribution in [-0.4, -0.2) is 44.6 Å². The van der Waals surface area contributed by atoms with Crippen molar-refractivity contribution in [2.45, 2.75) is 31.7 Å². The lowest BCUT2D eigenvalue weighted by Gasteiger charge is -2.33. The lowest BCUT2D eigenvalue weighted by molar-refractivity contribution is -0.122. The highest BCUT2D eigenvalue weighted by atomic mass is 32.2. The fraction of sp³-hybridized carbons (Fsp3) is 0.533. The maximum Gasteiger partial charge on any atom is 0.220 e. The first-order valence-corrected chi connectivity index (χ1v) is 8.49. The zero-order chi connectivity index (χ0) is 15.1. The Morgan fingerprint density at radius 3 is 2.86 bits per heavy atom. The lowest BCUT2D eigenvalue weighted by Crippen LogP contribution is -2.48. The molecule has 1 heterocycles. The zero-order valence-corrected chi connectivity index (χ0v) is 12.8. The van der Waals surface area contributed by atoms with Crippen molar-refractivity contribution in [2.75, 3.05) is 19.0 Å². The first-order chi connectivity index (χ1) is 10.1. The number of benzene rings is 1. The number of likely N-dealkylation sites (tertiary alicyclic amines) is 1. The molecule has 1 saturated heterocycles. The van der Waals surface area contributed by atoms with Crippen LogP contribution in [0.4, 0.5) is 0 Å². The SMILES string of the molecule is O=C(CCc1ccccc1)NC1CCCN(CS(=O)[O-])C1. The molecule has 1 fully saturated rings. The van der Waals surface area contributed by atoms with Crippen molar-refractivity contribution in [3.8, 4) is 0 Å². The maximum absolute atomic E-state index is 12.0. The molecule has 2 rings (SSSR count). The van der Waals surface area contributed by atoms with E-state index in [0.29, 0.717) is 13.0 Å². The Hall–Kier alpha value is -1.24. The Morgan fingerprint density at radius 1 is 1.38 bits per heavy atom. The molecule has 1 aromatic carbocycles. The van der Waals surface area contributed by atoms with Crippen molar-refractivity contribution in [1.82, 2.24) is 10.2 Å². The first-order valence-electron chi connectivity index (χ1n) is 7.25. The third-order valence-corrected chi connectivity index (χ3v) is 4.22. The Morgan fingerprint density at radius 2 is 2.14 bits per heavy atom. The molecule has 1 amide bonds. The van der Waals surface area contributed by atoms with Gasteiger partial charge in [0.1, 0.15) is 0 Å². The third kappa shape index (κ3) is 5.95. The second-order valence-electron chi connectivity index (χ2n) is 5.40. The predicted octanol–water partition coefficient (Wildman–Crippen LogP) is 1.04. The molecule has 0 bridgehead atoms. The van der Waals surface area contributed by atoms with Gasteiger partial charge in [0.15, 0.2) is 0 Å². The molecule has 0 radical (unpaired) electrons. The number of piperidine rings is 1. The summed E-state index contributed by atoms with van der Waals surface area (Å²) in [6.07, 6.45) is 3.03. The number of rotatable bonds is 6. The molecule has 1 aliphatic rings. The number of nitrogens with one attached hydrogen (secondary N) is 1. The smallest absolute Gasteiger partial charge is 0.220 e. The fourth-order valence-corrected chi connectivity index (χ4v) is 3.17. The molecule has 0 aliphatic carbocycles. The van der Waals surface area contributed by atoms with Crippen LogP contribution in [0.25, 0.3) is 0 Å². The number of hydrogen-bond donors (Lipinski definition) is 1. The molecule has 1 aliphatic heterocycles. The van der Waals surface area contributed by atoms with Crippen LogP contribution in [0, 0.1) is 0 Å². The molecule has 0 saturated carbocycles. The van der Waals surface area contributed by atoms with E-state index in [2.05, 4.69) is 5.32 Å². The average Bonchev–Trinajstić information content (AvgIpc) is 2.46. The quantitative estimate of drug-likeness (QED) is 0.797. The highest BCUT2D eigenvalue weighted by molar-refractivity contribution is 7.79. The average molecular weight is 309 g/mol. The monoisotopic (exact) mass is 309 g/mol. The van der Waals surface area contributed by atoms with Gasteiger partial charge in [0.05, 0.1) is 5.88 Å². The Labute approximate surface area is 128 Å². The van der Waals surface area contributed by atoms with Gasteiger partial charge in [-0.05, 0) is 42.5 Å². The largest absolute Gasteiger partial charge is 0.771 e. The molecule has 6 heteroatoms. The van der Waals surface area contributed by atoms with Crippen molar-refractivity contribution < 1.29 is 13.6 Å². The van der Waals surface area contributed by atoms with E-state index in [1.54, 1.807) is 0 Å². The Bertz CT molecular complexity index is 481. The van der Waals surface area contributed by atoms with Crippen molar-refractivity contribution >= 4 is 17.0 Å². The standard InChI is InChI=1S/C15H22N2O3S/c18-15(9-8-13-5-2-1-3-6-13)16-14-7-4-10-17(11-14)12-21(19)20/h1-3,5-6,14H,4,7-12H2,(H,16,18)(H,19,20)/p-1. The van der Waals surface area contributed by atoms with Gasteiger partial charge < -0.3 is 9.87 Å². The predicted molar refractivity (Wildman–Crippen MR) is 81.3 cm³/mol. The van der Waals surface area contributed by atoms with Crippen LogP contribution < -0.4 is 5.32 Å². The molecule has 2 unspecified atom stereocenters. The molecule has 116 valence electrons. The molecular formula is C15H21N2O3S-. The second-order valence-corrected chi connectivity index (χ2v) is 6.27. The van der Waals surface area contributed by atoms with Crippen LogP contribution in [0.5, 0.6) is 0 Å². The highest BCUT2D eigenvalue weighted by Gasteiger charge is 2.21. The Balaban J connectivity index is 1.73. The molecule has 21 heavy (non-hydrogen) atoms. The minimum Gasteiger partial charge on any atom is -0.771 e. The normalized spacial score (nSPS) is 20.9. The van der Waals surface area contributed by atoms with Gasteiger partial charge >= 0.3 is 0 Å². The summed E-state index contributed by atoms with van der Waals surface area (Å²) >= 11 is -2.06. The molecular weight excluding hydrogens is 288 g/mol. The minimum absolute atomic E-state index is 0.0361. The number of nitrogens with zero attached hydrogens (tertiary/aromatic N) is 1. The topological polar surface area (TPSA) is 72.5 Å². The number of amides is 1. The number of carbonyl (C=O) groups is 1. The van der Waals surface area contributed by atoms with Crippen LogP contribution >= 0.6 is 0 Å². The van der Waals surface area contributed by atoms with Crippen LogP contribution in [0.15, 0.2) is 30.3 Å². The van der Waals surface area contributed by atoms with E-state index in [1.807, 2.05) is 35.2 Å². The van der Waals surface area contributed by atoms with Gasteiger partial charge in [-0.15, -0.1) is 0 Å². The van der Waals surface area contributed by atoms with Crippen molar-refractivity contribution in [3.05, 3.63) is 35.9 Å². The van der Waals surface area contributed by atoms with Crippen molar-refractivity contribution in [2.24, 2.45) is 0 Å². The van der Waals surface area contributed by atoms with Gasteiger partial charge in [0, 0.05) is 19.0 Å². The summed E-state index contributed by atoms with van der Waals surface area (Å²) in [5.41, 5.74) is 1.15. The summed E-state index contributed by atoms with van der Waals surface area (Å²) in [6, 6.07) is 9.98. The Kier molecular flexibility index (Phi) is 6.35. The van der Waals surface area contributed by atoms with Crippen LogP contribution in [0.1, 0.15) is 24.8 Å². The van der Waals surface area contributed by atoms with Gasteiger partial charge in [0.25, 0.3) is 0 Å². The van der Waals surface area contributed by atoms with Gasteiger partial charge in [-0.1, -0.05) is 30.3 Å². The van der Waals surface area contributed by atoms with E-state index in [1.165, 1.54) is 0 Å². The van der Waals surface area contributed by atoms with E-state index >= 15 is 0 Å². The molecule has 5 nitrogen and oxygen atoms in total. The summed E-state index contributed by atoms with van der Waals surface area (Å²) in [6.45, 7) is 1.40. The molecule has 0 spiro atoms. The molecule has 2 atom stereocenters. The van der Waals surface area contributed by atoms with E-state index in [-0.39, 0.29) is 17.8 Å². The van der Waals surface area contributed by atoms with Crippen LogP contribution in [0.2, 0.25) is 0 Å². The van der Waals surface area contributed by atoms with Gasteiger partial charge in [-0.2, -0.15) is 0 Å². The van der Waals surface area contributed by atoms with E-state index in [4.69, 9.17) is 0 Å². The minimum atomic E-state index is -2.06. The number of hydrogen-bond acceptors (Lipinski definition) is 4. The van der Waals surface area contributed by atoms with E-state index < -0.39 is 11.1 Å². The van der Waals surface area contributed by atoms with E-state index in [9.17, 15) is 13.6 Å². The van der Waals surface area contributed by atoms with Gasteiger partial charge in [0.2, 0.25) is 5.91 Å². The third-order valence-electron chi connectivity index (χ3n) is 3.64. The van der Waals surface area contributed by atoms with Crippen LogP contribution in [-0.2, 0) is 22.3 Å². The van der Waals surface area contributed by atoms with Gasteiger partial charge in [-0.25, -0.2) is 0 Å². The molecule has 1 aromatic rings. The molecule has 0 aromatic heterocycles. The summed E-state index contributed by atoms with van der Waals surface area (Å²) in [5.74, 6) is 0.0880. The summed E-state index contributed by atoms with van der Waals surface area (Å²) in [7, 11) is 0. The molecule has 1 N–H and O–H groups in total. The summed E-state index contributed by atoms with van der Waals surface area (Å²) < 4.78 is 21.5. The van der Waals surface area contributed by atoms with Crippen molar-refractivity contribution in [1.29, 1.82) is 0 Å². The van der Waals surface area contributed by atoms with Crippen molar-refractivity contribution in [3.63, 3.8) is 0 Å². The second kappa shape index (κ2) is 8.26. The number of aryl methyl sites for hydroxylation is 1. The fourth-order valence-electron chi connectivity index (χ4n) is 2.64. The highest BCUT2D eigenvalue weighted by Crippen LogP contribution is 2.11. The summed E-state index contributed by atoms with van der Waals surface area (Å²) in [4.78, 5) is 13.8. The number of carbonyl (C=O) groups excluding carboxylic acids is 1. The lowest BCUT2D eigenvalue weighted by atomic mass is 10.1. The maximum atomic E-state index is 12.0. The summed E-state index contributed by atoms with van der Waals surface area (Å²) in [5, 5.41) is 3.01. The van der Waals surface area contributed by atoms with E-state index in [0.717, 1.165) is 31.4 Å². The van der Waals surface area contributed by atoms with Gasteiger partial charge in [-0.3, -0.25) is 13.9 Å². The first kappa shape index (κ1) is 16.1. The van der Waals surface area contributed by atoms with Crippen LogP contribution in [0.3, 0.4) is 0 Å².